The summed E-state index contributed by atoms with van der Waals surface area (Å²) in [6.07, 6.45) is -7.17. The second-order valence-electron chi connectivity index (χ2n) is 10.8. The molecular formula is C27H32F6N2O4. The molecule has 1 N–H and O–H groups in total. The minimum Gasteiger partial charge on any atom is -0.491 e. The lowest BCUT2D eigenvalue weighted by Gasteiger charge is -2.31. The van der Waals surface area contributed by atoms with Crippen LogP contribution in [-0.2, 0) is 28.9 Å². The Labute approximate surface area is 222 Å². The van der Waals surface area contributed by atoms with Crippen LogP contribution in [0.25, 0.3) is 0 Å². The molecule has 0 spiro atoms. The van der Waals surface area contributed by atoms with E-state index in [9.17, 15) is 36.2 Å². The number of esters is 1. The molecule has 0 atom stereocenters. The van der Waals surface area contributed by atoms with E-state index in [1.807, 2.05) is 6.92 Å². The normalized spacial score (nSPS) is 15.8. The number of hydrogen-bond acceptors (Lipinski definition) is 6. The quantitative estimate of drug-likeness (QED) is 0.205. The summed E-state index contributed by atoms with van der Waals surface area (Å²) in [7, 11) is 0. The van der Waals surface area contributed by atoms with Crippen LogP contribution in [0.1, 0.15) is 99.2 Å². The molecule has 1 aromatic heterocycles. The summed E-state index contributed by atoms with van der Waals surface area (Å²) >= 11 is 0. The molecule has 0 bridgehead atoms. The zero-order valence-electron chi connectivity index (χ0n) is 22.2. The van der Waals surface area contributed by atoms with Gasteiger partial charge < -0.3 is 14.6 Å². The summed E-state index contributed by atoms with van der Waals surface area (Å²) in [5.41, 5.74) is -5.42. The second kappa shape index (κ2) is 11.2. The van der Waals surface area contributed by atoms with Crippen molar-refractivity contribution in [1.29, 1.82) is 0 Å². The van der Waals surface area contributed by atoms with E-state index in [-0.39, 0.29) is 54.8 Å². The van der Waals surface area contributed by atoms with E-state index in [1.54, 1.807) is 20.8 Å². The Morgan fingerprint density at radius 2 is 1.54 bits per heavy atom. The first-order valence-electron chi connectivity index (χ1n) is 12.7. The fourth-order valence-electron chi connectivity index (χ4n) is 4.66. The van der Waals surface area contributed by atoms with Crippen LogP contribution in [0.5, 0.6) is 11.6 Å². The van der Waals surface area contributed by atoms with Crippen LogP contribution in [0.15, 0.2) is 18.2 Å². The van der Waals surface area contributed by atoms with Crippen LogP contribution in [-0.4, -0.2) is 33.3 Å². The molecule has 1 saturated carbocycles. The molecule has 3 rings (SSSR count). The van der Waals surface area contributed by atoms with E-state index in [1.165, 1.54) is 0 Å². The van der Waals surface area contributed by atoms with Crippen LogP contribution in [0.3, 0.4) is 0 Å². The molecule has 0 aliphatic heterocycles. The van der Waals surface area contributed by atoms with E-state index in [0.717, 1.165) is 18.6 Å². The van der Waals surface area contributed by atoms with Gasteiger partial charge in [-0.15, -0.1) is 0 Å². The Hall–Kier alpha value is -3.05. The van der Waals surface area contributed by atoms with Crippen LogP contribution in [0.2, 0.25) is 0 Å². The van der Waals surface area contributed by atoms with E-state index < -0.39 is 46.3 Å². The van der Waals surface area contributed by atoms with Gasteiger partial charge in [-0.3, -0.25) is 0 Å². The van der Waals surface area contributed by atoms with Gasteiger partial charge in [-0.1, -0.05) is 26.2 Å². The van der Waals surface area contributed by atoms with Crippen molar-refractivity contribution in [2.45, 2.75) is 96.0 Å². The Morgan fingerprint density at radius 1 is 0.974 bits per heavy atom. The lowest BCUT2D eigenvalue weighted by Crippen LogP contribution is -2.29. The summed E-state index contributed by atoms with van der Waals surface area (Å²) in [6.45, 7) is 6.95. The Balaban J connectivity index is 2.12. The fourth-order valence-corrected chi connectivity index (χ4v) is 4.66. The fraction of sp³-hybridized carbons (Fsp3) is 0.593. The van der Waals surface area contributed by atoms with Gasteiger partial charge in [0.2, 0.25) is 5.75 Å². The molecule has 1 aromatic carbocycles. The van der Waals surface area contributed by atoms with Gasteiger partial charge in [0.15, 0.2) is 5.69 Å². The van der Waals surface area contributed by atoms with Crippen molar-refractivity contribution in [3.8, 4) is 11.6 Å². The number of rotatable bonds is 8. The number of hydrogen-bond donors (Lipinski definition) is 1. The van der Waals surface area contributed by atoms with Crippen molar-refractivity contribution in [3.63, 3.8) is 0 Å². The first kappa shape index (κ1) is 30.5. The number of aromatic hydroxyl groups is 1. The Bertz CT molecular complexity index is 1150. The number of benzene rings is 1. The molecular weight excluding hydrogens is 530 g/mol. The number of ether oxygens (including phenoxy) is 2. The van der Waals surface area contributed by atoms with Crippen molar-refractivity contribution < 1.29 is 45.7 Å². The predicted octanol–water partition coefficient (Wildman–Crippen LogP) is 7.41. The van der Waals surface area contributed by atoms with Gasteiger partial charge in [0.1, 0.15) is 11.4 Å². The molecule has 39 heavy (non-hydrogen) atoms. The average molecular weight is 563 g/mol. The number of aromatic nitrogens is 2. The molecule has 2 aromatic rings. The van der Waals surface area contributed by atoms with Crippen LogP contribution >= 0.6 is 0 Å². The summed E-state index contributed by atoms with van der Waals surface area (Å²) in [4.78, 5) is 21.3. The summed E-state index contributed by atoms with van der Waals surface area (Å²) in [6, 6.07) is 1.56. The second-order valence-corrected chi connectivity index (χ2v) is 10.8. The molecule has 0 amide bonds. The minimum absolute atomic E-state index is 0.0948. The maximum absolute atomic E-state index is 13.6. The standard InChI is InChI=1S/C27H32F6N2O4/c1-5-6-11-38-21-20(23(37)39-24(2,3)4)34-19(35-22(21)36)15-25(9-7-8-10-25)16-12-17(26(28,29)30)14-18(13-16)27(31,32)33/h12-14H,5-11,15H2,1-4H3,(H,34,35,36). The van der Waals surface area contributed by atoms with Gasteiger partial charge in [-0.25, -0.2) is 9.78 Å². The van der Waals surface area contributed by atoms with Crippen LogP contribution < -0.4 is 4.74 Å². The third-order valence-corrected chi connectivity index (χ3v) is 6.49. The number of carbonyl (C=O) groups excluding carboxylic acids is 1. The first-order valence-corrected chi connectivity index (χ1v) is 12.7. The van der Waals surface area contributed by atoms with Gasteiger partial charge in [-0.05, 0) is 63.8 Å². The highest BCUT2D eigenvalue weighted by Gasteiger charge is 2.43. The predicted molar refractivity (Wildman–Crippen MR) is 130 cm³/mol. The molecule has 1 aliphatic carbocycles. The van der Waals surface area contributed by atoms with Gasteiger partial charge in [-0.2, -0.15) is 31.3 Å². The van der Waals surface area contributed by atoms with Crippen LogP contribution in [0, 0.1) is 0 Å². The van der Waals surface area contributed by atoms with Gasteiger partial charge in [0.05, 0.1) is 17.7 Å². The maximum atomic E-state index is 13.6. The number of unbranched alkanes of at least 4 members (excludes halogenated alkanes) is 1. The number of halogens is 6. The van der Waals surface area contributed by atoms with Crippen molar-refractivity contribution in [1.82, 2.24) is 9.97 Å². The van der Waals surface area contributed by atoms with E-state index in [2.05, 4.69) is 9.97 Å². The third kappa shape index (κ3) is 7.54. The van der Waals surface area contributed by atoms with Crippen molar-refractivity contribution in [3.05, 3.63) is 46.4 Å². The number of nitrogens with zero attached hydrogens (tertiary/aromatic N) is 2. The number of carbonyl (C=O) groups is 1. The molecule has 1 fully saturated rings. The molecule has 1 heterocycles. The Morgan fingerprint density at radius 3 is 2.03 bits per heavy atom. The van der Waals surface area contributed by atoms with Crippen molar-refractivity contribution in [2.75, 3.05) is 6.61 Å². The molecule has 12 heteroatoms. The molecule has 0 radical (unpaired) electrons. The van der Waals surface area contributed by atoms with E-state index in [0.29, 0.717) is 19.3 Å². The number of alkyl halides is 6. The first-order chi connectivity index (χ1) is 17.9. The molecule has 0 unspecified atom stereocenters. The van der Waals surface area contributed by atoms with Gasteiger partial charge in [0, 0.05) is 11.8 Å². The average Bonchev–Trinajstić information content (AvgIpc) is 3.27. The molecule has 216 valence electrons. The Kier molecular flexibility index (Phi) is 8.76. The largest absolute Gasteiger partial charge is 0.491 e. The van der Waals surface area contributed by atoms with Gasteiger partial charge >= 0.3 is 18.3 Å². The molecule has 1 aliphatic rings. The summed E-state index contributed by atoms with van der Waals surface area (Å²) < 4.78 is 92.5. The highest BCUT2D eigenvalue weighted by molar-refractivity contribution is 5.91. The van der Waals surface area contributed by atoms with Crippen molar-refractivity contribution in [2.24, 2.45) is 0 Å². The maximum Gasteiger partial charge on any atom is 0.416 e. The third-order valence-electron chi connectivity index (χ3n) is 6.49. The summed E-state index contributed by atoms with van der Waals surface area (Å²) in [5, 5.41) is 10.7. The topological polar surface area (TPSA) is 81.5 Å². The van der Waals surface area contributed by atoms with Crippen LogP contribution in [0.4, 0.5) is 26.3 Å². The zero-order valence-corrected chi connectivity index (χ0v) is 22.2. The highest BCUT2D eigenvalue weighted by Crippen LogP contribution is 2.47. The lowest BCUT2D eigenvalue weighted by molar-refractivity contribution is -0.143. The van der Waals surface area contributed by atoms with E-state index in [4.69, 9.17) is 9.47 Å². The molecule has 0 saturated heterocycles. The SMILES string of the molecule is CCCCOc1c(O)nc(CC2(c3cc(C(F)(F)F)cc(C(F)(F)F)c3)CCCC2)nc1C(=O)OC(C)(C)C. The van der Waals surface area contributed by atoms with Crippen molar-refractivity contribution >= 4 is 5.97 Å². The monoisotopic (exact) mass is 562 g/mol. The summed E-state index contributed by atoms with van der Waals surface area (Å²) in [5.74, 6) is -1.98. The zero-order chi connectivity index (χ0) is 29.2. The van der Waals surface area contributed by atoms with E-state index >= 15 is 0 Å². The molecule has 6 nitrogen and oxygen atoms in total. The lowest BCUT2D eigenvalue weighted by atomic mass is 9.74. The highest BCUT2D eigenvalue weighted by atomic mass is 19.4. The smallest absolute Gasteiger partial charge is 0.416 e. The van der Waals surface area contributed by atoms with Gasteiger partial charge in [0.25, 0.3) is 5.88 Å². The minimum atomic E-state index is -4.99.